The van der Waals surface area contributed by atoms with Crippen molar-refractivity contribution in [2.24, 2.45) is 7.05 Å². The number of aromatic nitrogens is 3. The Morgan fingerprint density at radius 1 is 1.69 bits per heavy atom. The van der Waals surface area contributed by atoms with Crippen molar-refractivity contribution < 1.29 is 9.53 Å². The van der Waals surface area contributed by atoms with E-state index in [0.29, 0.717) is 0 Å². The summed E-state index contributed by atoms with van der Waals surface area (Å²) in [5.74, 6) is -0.178. The first-order chi connectivity index (χ1) is 6.15. The van der Waals surface area contributed by atoms with Gasteiger partial charge in [0.2, 0.25) is 0 Å². The molecule has 1 aromatic rings. The number of rotatable bonds is 4. The largest absolute Gasteiger partial charge is 0.377 e. The maximum atomic E-state index is 11.2. The van der Waals surface area contributed by atoms with Crippen LogP contribution in [0.3, 0.4) is 0 Å². The molecule has 0 N–H and O–H groups in total. The van der Waals surface area contributed by atoms with Crippen LogP contribution in [-0.4, -0.2) is 33.8 Å². The zero-order valence-corrected chi connectivity index (χ0v) is 7.56. The fourth-order valence-corrected chi connectivity index (χ4v) is 0.903. The Balaban J connectivity index is 2.69. The Labute approximate surface area is 74.7 Å². The minimum atomic E-state index is -0.301. The minimum Gasteiger partial charge on any atom is -0.377 e. The number of aryl methyl sites for hydroxylation is 1. The Kier molecular flexibility index (Phi) is 2.97. The van der Waals surface area contributed by atoms with Crippen LogP contribution < -0.4 is 5.69 Å². The summed E-state index contributed by atoms with van der Waals surface area (Å²) in [5.41, 5.74) is -0.301. The number of hydrogen-bond acceptors (Lipinski definition) is 4. The summed E-state index contributed by atoms with van der Waals surface area (Å²) in [6, 6.07) is 0. The SMILES string of the molecule is COCC(=O)Cn1ncn(C)c1=O. The van der Waals surface area contributed by atoms with Crippen LogP contribution in [0.25, 0.3) is 0 Å². The van der Waals surface area contributed by atoms with E-state index in [1.165, 1.54) is 18.0 Å². The third-order valence-corrected chi connectivity index (χ3v) is 1.52. The molecule has 0 saturated heterocycles. The van der Waals surface area contributed by atoms with Gasteiger partial charge in [0.15, 0.2) is 5.78 Å². The summed E-state index contributed by atoms with van der Waals surface area (Å²) in [4.78, 5) is 22.2. The molecule has 0 amide bonds. The molecule has 13 heavy (non-hydrogen) atoms. The molecule has 0 radical (unpaired) electrons. The smallest absolute Gasteiger partial charge is 0.345 e. The van der Waals surface area contributed by atoms with Crippen molar-refractivity contribution in [3.8, 4) is 0 Å². The van der Waals surface area contributed by atoms with Crippen molar-refractivity contribution >= 4 is 5.78 Å². The van der Waals surface area contributed by atoms with Crippen molar-refractivity contribution in [1.82, 2.24) is 14.3 Å². The van der Waals surface area contributed by atoms with E-state index < -0.39 is 0 Å². The first kappa shape index (κ1) is 9.66. The van der Waals surface area contributed by atoms with Gasteiger partial charge in [0.25, 0.3) is 0 Å². The second-order valence-corrected chi connectivity index (χ2v) is 2.65. The normalized spacial score (nSPS) is 10.3. The lowest BCUT2D eigenvalue weighted by Crippen LogP contribution is -2.27. The molecule has 0 spiro atoms. The van der Waals surface area contributed by atoms with E-state index in [0.717, 1.165) is 4.68 Å². The Morgan fingerprint density at radius 3 is 2.85 bits per heavy atom. The quantitative estimate of drug-likeness (QED) is 0.590. The van der Waals surface area contributed by atoms with Gasteiger partial charge in [-0.15, -0.1) is 0 Å². The summed E-state index contributed by atoms with van der Waals surface area (Å²) in [5, 5.41) is 3.73. The average molecular weight is 185 g/mol. The van der Waals surface area contributed by atoms with Gasteiger partial charge in [0.05, 0.1) is 0 Å². The molecular weight excluding hydrogens is 174 g/mol. The Morgan fingerprint density at radius 2 is 2.38 bits per heavy atom. The highest BCUT2D eigenvalue weighted by Crippen LogP contribution is 1.80. The molecule has 0 aliphatic carbocycles. The van der Waals surface area contributed by atoms with Gasteiger partial charge in [-0.25, -0.2) is 9.48 Å². The maximum absolute atomic E-state index is 11.2. The molecule has 1 rings (SSSR count). The van der Waals surface area contributed by atoms with Gasteiger partial charge >= 0.3 is 5.69 Å². The van der Waals surface area contributed by atoms with Crippen molar-refractivity contribution in [2.75, 3.05) is 13.7 Å². The van der Waals surface area contributed by atoms with Gasteiger partial charge in [-0.1, -0.05) is 0 Å². The van der Waals surface area contributed by atoms with E-state index in [-0.39, 0.29) is 24.6 Å². The number of carbonyl (C=O) groups excluding carboxylic acids is 1. The maximum Gasteiger partial charge on any atom is 0.345 e. The van der Waals surface area contributed by atoms with E-state index in [1.807, 2.05) is 0 Å². The first-order valence-electron chi connectivity index (χ1n) is 3.74. The molecule has 0 aromatic carbocycles. The molecule has 1 aromatic heterocycles. The standard InChI is InChI=1S/C7H11N3O3/c1-9-5-8-10(7(9)12)3-6(11)4-13-2/h5H,3-4H2,1-2H3. The number of nitrogens with zero attached hydrogens (tertiary/aromatic N) is 3. The Hall–Kier alpha value is -1.43. The zero-order chi connectivity index (χ0) is 9.84. The van der Waals surface area contributed by atoms with Crippen molar-refractivity contribution in [1.29, 1.82) is 0 Å². The highest BCUT2D eigenvalue weighted by Gasteiger charge is 2.06. The molecule has 72 valence electrons. The third-order valence-electron chi connectivity index (χ3n) is 1.52. The number of ketones is 1. The molecule has 0 unspecified atom stereocenters. The summed E-state index contributed by atoms with van der Waals surface area (Å²) in [6.07, 6.45) is 1.36. The van der Waals surface area contributed by atoms with Crippen LogP contribution in [0.4, 0.5) is 0 Å². The number of hydrogen-bond donors (Lipinski definition) is 0. The van der Waals surface area contributed by atoms with Crippen LogP contribution in [0, 0.1) is 0 Å². The number of carbonyl (C=O) groups is 1. The molecule has 0 fully saturated rings. The van der Waals surface area contributed by atoms with Crippen LogP contribution >= 0.6 is 0 Å². The second kappa shape index (κ2) is 3.99. The number of methoxy groups -OCH3 is 1. The lowest BCUT2D eigenvalue weighted by molar-refractivity contribution is -0.123. The minimum absolute atomic E-state index is 0.00299. The molecule has 0 aliphatic heterocycles. The van der Waals surface area contributed by atoms with E-state index >= 15 is 0 Å². The molecule has 6 heteroatoms. The molecule has 6 nitrogen and oxygen atoms in total. The predicted octanol–water partition coefficient (Wildman–Crippen LogP) is -1.20. The fourth-order valence-electron chi connectivity index (χ4n) is 0.903. The molecule has 0 aliphatic rings. The van der Waals surface area contributed by atoms with E-state index in [4.69, 9.17) is 0 Å². The van der Waals surface area contributed by atoms with E-state index in [2.05, 4.69) is 9.84 Å². The highest BCUT2D eigenvalue weighted by atomic mass is 16.5. The van der Waals surface area contributed by atoms with E-state index in [1.54, 1.807) is 7.05 Å². The third kappa shape index (κ3) is 2.25. The first-order valence-corrected chi connectivity index (χ1v) is 3.74. The molecule has 0 bridgehead atoms. The van der Waals surface area contributed by atoms with Crippen molar-refractivity contribution in [3.05, 3.63) is 16.8 Å². The summed E-state index contributed by atoms with van der Waals surface area (Å²) >= 11 is 0. The lowest BCUT2D eigenvalue weighted by atomic mass is 10.4. The van der Waals surface area contributed by atoms with Gasteiger partial charge in [-0.2, -0.15) is 5.10 Å². The summed E-state index contributed by atoms with van der Waals surface area (Å²) in [7, 11) is 3.01. The highest BCUT2D eigenvalue weighted by molar-refractivity contribution is 5.79. The molecule has 0 saturated carbocycles. The number of ether oxygens (including phenoxy) is 1. The molecular formula is C7H11N3O3. The molecule has 0 atom stereocenters. The monoisotopic (exact) mass is 185 g/mol. The van der Waals surface area contributed by atoms with Gasteiger partial charge < -0.3 is 4.74 Å². The van der Waals surface area contributed by atoms with Crippen LogP contribution in [0.1, 0.15) is 0 Å². The van der Waals surface area contributed by atoms with Crippen LogP contribution in [0.15, 0.2) is 11.1 Å². The average Bonchev–Trinajstić information content (AvgIpc) is 2.37. The second-order valence-electron chi connectivity index (χ2n) is 2.65. The molecule has 1 heterocycles. The van der Waals surface area contributed by atoms with Crippen molar-refractivity contribution in [2.45, 2.75) is 6.54 Å². The van der Waals surface area contributed by atoms with Crippen molar-refractivity contribution in [3.63, 3.8) is 0 Å². The van der Waals surface area contributed by atoms with Gasteiger partial charge in [0.1, 0.15) is 19.5 Å². The zero-order valence-electron chi connectivity index (χ0n) is 7.56. The van der Waals surface area contributed by atoms with E-state index in [9.17, 15) is 9.59 Å². The summed E-state index contributed by atoms with van der Waals surface area (Å²) < 4.78 is 7.03. The summed E-state index contributed by atoms with van der Waals surface area (Å²) in [6.45, 7) is -0.0312. The Bertz CT molecular complexity index is 352. The predicted molar refractivity (Wildman–Crippen MR) is 44.4 cm³/mol. The van der Waals surface area contributed by atoms with Crippen LogP contribution in [-0.2, 0) is 23.1 Å². The topological polar surface area (TPSA) is 66.1 Å². The fraction of sp³-hybridized carbons (Fsp3) is 0.571. The van der Waals surface area contributed by atoms with Gasteiger partial charge in [-0.3, -0.25) is 9.36 Å². The lowest BCUT2D eigenvalue weighted by Gasteiger charge is -1.97. The van der Waals surface area contributed by atoms with Gasteiger partial charge in [-0.05, 0) is 0 Å². The number of Topliss-reactive ketones (excluding diaryl/α,β-unsaturated/α-hetero) is 1. The van der Waals surface area contributed by atoms with Crippen LogP contribution in [0.2, 0.25) is 0 Å². The van der Waals surface area contributed by atoms with Gasteiger partial charge in [0, 0.05) is 14.2 Å². The van der Waals surface area contributed by atoms with Crippen LogP contribution in [0.5, 0.6) is 0 Å².